The van der Waals surface area contributed by atoms with Gasteiger partial charge in [-0.05, 0) is 51.5 Å². The Morgan fingerprint density at radius 3 is 2.30 bits per heavy atom. The van der Waals surface area contributed by atoms with Crippen molar-refractivity contribution in [1.29, 1.82) is 0 Å². The van der Waals surface area contributed by atoms with Gasteiger partial charge in [0.2, 0.25) is 0 Å². The largest absolute Gasteiger partial charge is 0.363 e. The summed E-state index contributed by atoms with van der Waals surface area (Å²) in [4.78, 5) is 8.36. The predicted molar refractivity (Wildman–Crippen MR) is 91.8 cm³/mol. The van der Waals surface area contributed by atoms with E-state index < -0.39 is 0 Å². The Bertz CT molecular complexity index is 805. The van der Waals surface area contributed by atoms with E-state index in [1.54, 1.807) is 6.33 Å². The Morgan fingerprint density at radius 1 is 0.957 bits per heavy atom. The molecule has 0 fully saturated rings. The third-order valence-electron chi connectivity index (χ3n) is 3.82. The number of nitrogens with one attached hydrogen (secondary N) is 1. The quantitative estimate of drug-likeness (QED) is 0.797. The summed E-state index contributed by atoms with van der Waals surface area (Å²) in [5, 5.41) is 7.92. The molecule has 0 radical (unpaired) electrons. The number of aryl methyl sites for hydroxylation is 3. The summed E-state index contributed by atoms with van der Waals surface area (Å²) < 4.78 is 1.96. The van der Waals surface area contributed by atoms with Crippen LogP contribution in [0.25, 0.3) is 5.69 Å². The van der Waals surface area contributed by atoms with E-state index in [4.69, 9.17) is 0 Å². The third-order valence-corrected chi connectivity index (χ3v) is 3.82. The van der Waals surface area contributed by atoms with Crippen molar-refractivity contribution in [1.82, 2.24) is 19.7 Å². The van der Waals surface area contributed by atoms with Crippen molar-refractivity contribution < 1.29 is 0 Å². The number of hydrogen-bond acceptors (Lipinski definition) is 4. The molecule has 1 aromatic carbocycles. The van der Waals surface area contributed by atoms with Crippen LogP contribution < -0.4 is 5.32 Å². The maximum atomic E-state index is 4.52. The topological polar surface area (TPSA) is 55.6 Å². The second-order valence-corrected chi connectivity index (χ2v) is 5.84. The Balaban J connectivity index is 1.77. The molecule has 3 rings (SSSR count). The zero-order valence-electron chi connectivity index (χ0n) is 13.9. The van der Waals surface area contributed by atoms with Crippen molar-refractivity contribution in [3.05, 3.63) is 65.4 Å². The summed E-state index contributed by atoms with van der Waals surface area (Å²) in [5.74, 6) is 0.840. The highest BCUT2D eigenvalue weighted by molar-refractivity contribution is 5.41. The number of nitrogens with zero attached hydrogens (tertiary/aromatic N) is 4. The molecule has 0 aliphatic heterocycles. The summed E-state index contributed by atoms with van der Waals surface area (Å²) in [5.41, 5.74) is 5.39. The molecule has 2 heterocycles. The van der Waals surface area contributed by atoms with Crippen molar-refractivity contribution in [3.8, 4) is 5.69 Å². The molecule has 5 heteroatoms. The van der Waals surface area contributed by atoms with Gasteiger partial charge in [0.25, 0.3) is 0 Å². The van der Waals surface area contributed by atoms with Crippen molar-refractivity contribution in [2.24, 2.45) is 0 Å². The molecule has 0 aliphatic carbocycles. The molecule has 0 amide bonds. The van der Waals surface area contributed by atoms with E-state index >= 15 is 0 Å². The van der Waals surface area contributed by atoms with Crippen LogP contribution >= 0.6 is 0 Å². The fraction of sp³-hybridized carbons (Fsp3) is 0.278. The second kappa shape index (κ2) is 6.20. The van der Waals surface area contributed by atoms with E-state index in [9.17, 15) is 0 Å². The molecule has 2 aromatic heterocycles. The van der Waals surface area contributed by atoms with Crippen LogP contribution in [-0.4, -0.2) is 19.7 Å². The number of benzene rings is 1. The maximum Gasteiger partial charge on any atom is 0.130 e. The first-order chi connectivity index (χ1) is 11.0. The highest BCUT2D eigenvalue weighted by atomic mass is 15.3. The summed E-state index contributed by atoms with van der Waals surface area (Å²) in [6.07, 6.45) is 1.58. The molecular formula is C18H21N5. The van der Waals surface area contributed by atoms with Crippen LogP contribution in [0.15, 0.2) is 42.7 Å². The van der Waals surface area contributed by atoms with Crippen LogP contribution in [0.1, 0.15) is 35.6 Å². The smallest absolute Gasteiger partial charge is 0.130 e. The molecule has 0 spiro atoms. The molecule has 0 aliphatic rings. The number of rotatable bonds is 4. The van der Waals surface area contributed by atoms with E-state index in [0.29, 0.717) is 0 Å². The molecule has 5 nitrogen and oxygen atoms in total. The minimum absolute atomic E-state index is 0.166. The number of anilines is 1. The molecule has 0 saturated heterocycles. The van der Waals surface area contributed by atoms with Gasteiger partial charge < -0.3 is 5.32 Å². The molecule has 1 N–H and O–H groups in total. The molecule has 1 atom stereocenters. The average Bonchev–Trinajstić information content (AvgIpc) is 2.86. The minimum Gasteiger partial charge on any atom is -0.363 e. The summed E-state index contributed by atoms with van der Waals surface area (Å²) in [6, 6.07) is 12.6. The maximum absolute atomic E-state index is 4.52. The standard InChI is InChI=1S/C18H21N5/c1-12-10-18(20-11-19-12)21-15(4)16-5-7-17(8-6-16)23-14(3)9-13(2)22-23/h5-11,15H,1-4H3,(H,19,20,21). The van der Waals surface area contributed by atoms with E-state index in [-0.39, 0.29) is 6.04 Å². The van der Waals surface area contributed by atoms with Crippen LogP contribution in [0.2, 0.25) is 0 Å². The lowest BCUT2D eigenvalue weighted by Gasteiger charge is -2.15. The fourth-order valence-electron chi connectivity index (χ4n) is 2.63. The molecule has 118 valence electrons. The van der Waals surface area contributed by atoms with E-state index in [0.717, 1.165) is 28.6 Å². The zero-order valence-corrected chi connectivity index (χ0v) is 13.9. The highest BCUT2D eigenvalue weighted by Gasteiger charge is 2.08. The van der Waals surface area contributed by atoms with Gasteiger partial charge in [-0.15, -0.1) is 0 Å². The summed E-state index contributed by atoms with van der Waals surface area (Å²) in [7, 11) is 0. The predicted octanol–water partition coefficient (Wildman–Crippen LogP) is 3.76. The van der Waals surface area contributed by atoms with Crippen molar-refractivity contribution in [3.63, 3.8) is 0 Å². The van der Waals surface area contributed by atoms with Gasteiger partial charge in [-0.1, -0.05) is 12.1 Å². The van der Waals surface area contributed by atoms with Crippen molar-refractivity contribution in [2.45, 2.75) is 33.7 Å². The molecule has 1 unspecified atom stereocenters. The molecule has 3 aromatic rings. The SMILES string of the molecule is Cc1cc(NC(C)c2ccc(-n3nc(C)cc3C)cc2)ncn1. The first-order valence-electron chi connectivity index (χ1n) is 7.72. The first kappa shape index (κ1) is 15.2. The molecular weight excluding hydrogens is 286 g/mol. The van der Waals surface area contributed by atoms with E-state index in [1.807, 2.05) is 24.6 Å². The van der Waals surface area contributed by atoms with Crippen molar-refractivity contribution in [2.75, 3.05) is 5.32 Å². The lowest BCUT2D eigenvalue weighted by Crippen LogP contribution is -2.08. The minimum atomic E-state index is 0.166. The van der Waals surface area contributed by atoms with Gasteiger partial charge >= 0.3 is 0 Å². The third kappa shape index (κ3) is 3.39. The molecule has 23 heavy (non-hydrogen) atoms. The normalized spacial score (nSPS) is 12.2. The van der Waals surface area contributed by atoms with Crippen molar-refractivity contribution >= 4 is 5.82 Å². The van der Waals surface area contributed by atoms with Crippen LogP contribution in [0.5, 0.6) is 0 Å². The highest BCUT2D eigenvalue weighted by Crippen LogP contribution is 2.20. The van der Waals surface area contributed by atoms with Crippen LogP contribution in [-0.2, 0) is 0 Å². The first-order valence-corrected chi connectivity index (χ1v) is 7.72. The number of aromatic nitrogens is 4. The number of hydrogen-bond donors (Lipinski definition) is 1. The zero-order chi connectivity index (χ0) is 16.4. The van der Waals surface area contributed by atoms with Crippen LogP contribution in [0.4, 0.5) is 5.82 Å². The lowest BCUT2D eigenvalue weighted by molar-refractivity contribution is 0.827. The second-order valence-electron chi connectivity index (χ2n) is 5.84. The van der Waals surface area contributed by atoms with Crippen LogP contribution in [0, 0.1) is 20.8 Å². The van der Waals surface area contributed by atoms with E-state index in [2.05, 4.69) is 64.6 Å². The van der Waals surface area contributed by atoms with Gasteiger partial charge in [0.05, 0.1) is 11.4 Å². The van der Waals surface area contributed by atoms with Gasteiger partial charge in [-0.25, -0.2) is 14.6 Å². The Hall–Kier alpha value is -2.69. The monoisotopic (exact) mass is 307 g/mol. The van der Waals surface area contributed by atoms with Gasteiger partial charge in [-0.3, -0.25) is 0 Å². The Labute approximate surface area is 136 Å². The summed E-state index contributed by atoms with van der Waals surface area (Å²) in [6.45, 7) is 8.15. The van der Waals surface area contributed by atoms with Gasteiger partial charge in [0.1, 0.15) is 12.1 Å². The van der Waals surface area contributed by atoms with Gasteiger partial charge in [0, 0.05) is 23.5 Å². The molecule has 0 bridgehead atoms. The van der Waals surface area contributed by atoms with Crippen LogP contribution in [0.3, 0.4) is 0 Å². The Morgan fingerprint density at radius 2 is 1.70 bits per heavy atom. The Kier molecular flexibility index (Phi) is 4.10. The lowest BCUT2D eigenvalue weighted by atomic mass is 10.1. The molecule has 0 saturated carbocycles. The average molecular weight is 307 g/mol. The summed E-state index contributed by atoms with van der Waals surface area (Å²) >= 11 is 0. The van der Waals surface area contributed by atoms with Gasteiger partial charge in [-0.2, -0.15) is 5.10 Å². The van der Waals surface area contributed by atoms with Gasteiger partial charge in [0.15, 0.2) is 0 Å². The van der Waals surface area contributed by atoms with E-state index in [1.165, 1.54) is 5.56 Å². The fourth-order valence-corrected chi connectivity index (χ4v) is 2.63.